The van der Waals surface area contributed by atoms with Crippen molar-refractivity contribution in [1.29, 1.82) is 0 Å². The van der Waals surface area contributed by atoms with Gasteiger partial charge < -0.3 is 25.1 Å². The Morgan fingerprint density at radius 3 is 2.26 bits per heavy atom. The third kappa shape index (κ3) is 6.50. The molecule has 11 heteroatoms. The molecule has 3 fully saturated rings. The van der Waals surface area contributed by atoms with Crippen LogP contribution in [0.25, 0.3) is 0 Å². The predicted molar refractivity (Wildman–Crippen MR) is 146 cm³/mol. The summed E-state index contributed by atoms with van der Waals surface area (Å²) in [6.45, 7) is 4.89. The van der Waals surface area contributed by atoms with Crippen molar-refractivity contribution in [2.75, 3.05) is 61.9 Å². The van der Waals surface area contributed by atoms with Gasteiger partial charge in [-0.3, -0.25) is 9.80 Å². The zero-order valence-corrected chi connectivity index (χ0v) is 22.2. The fourth-order valence-corrected chi connectivity index (χ4v) is 5.70. The summed E-state index contributed by atoms with van der Waals surface area (Å²) in [7, 11) is 1.44. The maximum atomic E-state index is 14.3. The Balaban J connectivity index is 1.33. The second-order valence-electron chi connectivity index (χ2n) is 10.4. The third-order valence-electron chi connectivity index (χ3n) is 7.83. The number of nitrogens with one attached hydrogen (secondary N) is 2. The minimum Gasteiger partial charge on any atom is -0.494 e. The number of aromatic nitrogens is 3. The molecule has 1 atom stereocenters. The van der Waals surface area contributed by atoms with Crippen LogP contribution in [0, 0.1) is 5.82 Å². The number of nitrogens with zero attached hydrogens (tertiary/aromatic N) is 6. The van der Waals surface area contributed by atoms with Gasteiger partial charge in [0.1, 0.15) is 6.17 Å². The highest BCUT2D eigenvalue weighted by Crippen LogP contribution is 2.26. The molecule has 2 saturated heterocycles. The van der Waals surface area contributed by atoms with E-state index in [0.29, 0.717) is 42.7 Å². The average molecular weight is 527 g/mol. The number of anilines is 4. The molecule has 1 aliphatic carbocycles. The summed E-state index contributed by atoms with van der Waals surface area (Å²) in [4.78, 5) is 32.7. The van der Waals surface area contributed by atoms with Gasteiger partial charge in [0.25, 0.3) is 0 Å². The topological polar surface area (TPSA) is 98.8 Å². The maximum Gasteiger partial charge on any atom is 0.233 e. The van der Waals surface area contributed by atoms with Crippen molar-refractivity contribution in [3.05, 3.63) is 24.0 Å². The Morgan fingerprint density at radius 1 is 0.921 bits per heavy atom. The van der Waals surface area contributed by atoms with Crippen LogP contribution in [-0.4, -0.2) is 89.6 Å². The first-order chi connectivity index (χ1) is 18.6. The van der Waals surface area contributed by atoms with Crippen LogP contribution in [-0.2, 0) is 4.79 Å². The van der Waals surface area contributed by atoms with E-state index in [9.17, 15) is 9.18 Å². The number of methoxy groups -OCH3 is 1. The highest BCUT2D eigenvalue weighted by Gasteiger charge is 2.30. The molecular weight excluding hydrogens is 487 g/mol. The Bertz CT molecular complexity index is 1070. The number of aldehydes is 1. The molecule has 0 amide bonds. The van der Waals surface area contributed by atoms with E-state index in [4.69, 9.17) is 14.7 Å². The van der Waals surface area contributed by atoms with Crippen molar-refractivity contribution in [2.45, 2.75) is 63.6 Å². The van der Waals surface area contributed by atoms with Crippen LogP contribution in [0.1, 0.15) is 51.4 Å². The van der Waals surface area contributed by atoms with Crippen molar-refractivity contribution in [3.63, 3.8) is 0 Å². The summed E-state index contributed by atoms with van der Waals surface area (Å²) < 4.78 is 19.4. The molecule has 1 saturated carbocycles. The second kappa shape index (κ2) is 12.7. The molecule has 3 heterocycles. The number of halogens is 1. The first-order valence-electron chi connectivity index (χ1n) is 13.9. The van der Waals surface area contributed by atoms with Crippen molar-refractivity contribution in [1.82, 2.24) is 24.8 Å². The van der Waals surface area contributed by atoms with Crippen molar-refractivity contribution < 1.29 is 13.9 Å². The molecule has 10 nitrogen and oxygen atoms in total. The van der Waals surface area contributed by atoms with Gasteiger partial charge >= 0.3 is 0 Å². The number of carbonyl (C=O) groups is 1. The van der Waals surface area contributed by atoms with Gasteiger partial charge in [0.2, 0.25) is 17.8 Å². The standard InChI is InChI=1S/C27H39FN8O2/c1-38-23-11-10-21(18-22(23)28)30-26-31-25(29-20-8-4-2-3-5-9-20)32-27(33-26)36-16-14-35(15-17-36)24(19-37)34-12-6-7-13-34/h10-11,18-20,24H,2-9,12-17H2,1H3,(H2,29,30,31,32,33). The van der Waals surface area contributed by atoms with Gasteiger partial charge in [-0.25, -0.2) is 4.39 Å². The molecule has 2 aliphatic heterocycles. The highest BCUT2D eigenvalue weighted by atomic mass is 19.1. The molecular formula is C27H39FN8O2. The molecule has 5 rings (SSSR count). The summed E-state index contributed by atoms with van der Waals surface area (Å²) in [5.41, 5.74) is 0.533. The van der Waals surface area contributed by atoms with Crippen LogP contribution in [0.15, 0.2) is 18.2 Å². The van der Waals surface area contributed by atoms with E-state index < -0.39 is 5.82 Å². The van der Waals surface area contributed by atoms with Gasteiger partial charge in [-0.1, -0.05) is 25.7 Å². The number of rotatable bonds is 9. The minimum atomic E-state index is -0.456. The number of hydrogen-bond donors (Lipinski definition) is 2. The van der Waals surface area contributed by atoms with Crippen molar-refractivity contribution in [3.8, 4) is 5.75 Å². The molecule has 3 aliphatic rings. The van der Waals surface area contributed by atoms with Crippen LogP contribution in [0.2, 0.25) is 0 Å². The largest absolute Gasteiger partial charge is 0.494 e. The van der Waals surface area contributed by atoms with Crippen LogP contribution in [0.5, 0.6) is 5.75 Å². The molecule has 0 spiro atoms. The second-order valence-corrected chi connectivity index (χ2v) is 10.4. The van der Waals surface area contributed by atoms with E-state index in [1.54, 1.807) is 12.1 Å². The number of hydrogen-bond acceptors (Lipinski definition) is 10. The normalized spacial score (nSPS) is 20.6. The fraction of sp³-hybridized carbons (Fsp3) is 0.630. The van der Waals surface area contributed by atoms with Gasteiger partial charge in [-0.05, 0) is 37.8 Å². The number of ether oxygens (including phenoxy) is 1. The van der Waals surface area contributed by atoms with Gasteiger partial charge in [0.15, 0.2) is 17.9 Å². The van der Waals surface area contributed by atoms with E-state index in [0.717, 1.165) is 58.1 Å². The molecule has 2 N–H and O–H groups in total. The lowest BCUT2D eigenvalue weighted by atomic mass is 10.1. The molecule has 1 aromatic heterocycles. The molecule has 38 heavy (non-hydrogen) atoms. The molecule has 1 aromatic carbocycles. The van der Waals surface area contributed by atoms with E-state index in [1.807, 2.05) is 0 Å². The Morgan fingerprint density at radius 2 is 1.61 bits per heavy atom. The van der Waals surface area contributed by atoms with Crippen LogP contribution in [0.4, 0.5) is 27.9 Å². The lowest BCUT2D eigenvalue weighted by Gasteiger charge is -2.40. The lowest BCUT2D eigenvalue weighted by Crippen LogP contribution is -2.56. The smallest absolute Gasteiger partial charge is 0.233 e. The summed E-state index contributed by atoms with van der Waals surface area (Å²) in [6.07, 6.45) is 10.3. The molecule has 0 radical (unpaired) electrons. The number of likely N-dealkylation sites (tertiary alicyclic amines) is 1. The first-order valence-corrected chi connectivity index (χ1v) is 13.9. The SMILES string of the molecule is COc1ccc(Nc2nc(NC3CCCCCC3)nc(N3CCN(C(C=O)N4CCCC4)CC3)n2)cc1F. The van der Waals surface area contributed by atoms with Crippen LogP contribution < -0.4 is 20.3 Å². The van der Waals surface area contributed by atoms with Crippen molar-refractivity contribution >= 4 is 29.8 Å². The number of benzene rings is 1. The monoisotopic (exact) mass is 526 g/mol. The van der Waals surface area contributed by atoms with Gasteiger partial charge in [0, 0.05) is 57.1 Å². The fourth-order valence-electron chi connectivity index (χ4n) is 5.70. The zero-order valence-electron chi connectivity index (χ0n) is 22.2. The summed E-state index contributed by atoms with van der Waals surface area (Å²) in [5, 5.41) is 6.69. The highest BCUT2D eigenvalue weighted by molar-refractivity contribution is 5.58. The molecule has 2 aromatic rings. The predicted octanol–water partition coefficient (Wildman–Crippen LogP) is 3.64. The Hall–Kier alpha value is -3.05. The summed E-state index contributed by atoms with van der Waals surface area (Å²) in [6, 6.07) is 5.01. The van der Waals surface area contributed by atoms with Gasteiger partial charge in [-0.2, -0.15) is 15.0 Å². The van der Waals surface area contributed by atoms with E-state index in [-0.39, 0.29) is 11.9 Å². The lowest BCUT2D eigenvalue weighted by molar-refractivity contribution is -0.118. The zero-order chi connectivity index (χ0) is 26.3. The van der Waals surface area contributed by atoms with Crippen LogP contribution >= 0.6 is 0 Å². The number of carbonyl (C=O) groups excluding carboxylic acids is 1. The Labute approximate surface area is 224 Å². The average Bonchev–Trinajstić information content (AvgIpc) is 3.33. The number of piperazine rings is 1. The molecule has 1 unspecified atom stereocenters. The van der Waals surface area contributed by atoms with Crippen molar-refractivity contribution in [2.24, 2.45) is 0 Å². The maximum absolute atomic E-state index is 14.3. The van der Waals surface area contributed by atoms with E-state index >= 15 is 0 Å². The third-order valence-corrected chi connectivity index (χ3v) is 7.83. The van der Waals surface area contributed by atoms with Crippen LogP contribution in [0.3, 0.4) is 0 Å². The van der Waals surface area contributed by atoms with Gasteiger partial charge in [-0.15, -0.1) is 0 Å². The molecule has 0 bridgehead atoms. The van der Waals surface area contributed by atoms with E-state index in [1.165, 1.54) is 38.9 Å². The quantitative estimate of drug-likeness (QED) is 0.372. The van der Waals surface area contributed by atoms with Gasteiger partial charge in [0.05, 0.1) is 7.11 Å². The minimum absolute atomic E-state index is 0.160. The summed E-state index contributed by atoms with van der Waals surface area (Å²) >= 11 is 0. The first kappa shape index (κ1) is 26.6. The molecule has 206 valence electrons. The Kier molecular flexibility index (Phi) is 8.85. The van der Waals surface area contributed by atoms with E-state index in [2.05, 4.69) is 30.3 Å². The summed E-state index contributed by atoms with van der Waals surface area (Å²) in [5.74, 6) is 1.20.